The molecule has 2 rings (SSSR count). The third-order valence-electron chi connectivity index (χ3n) is 2.82. The molecular formula is C18H26F3N3OS. The normalized spacial score (nSPS) is 11.7. The molecule has 4 nitrogen and oxygen atoms in total. The number of nitrogens with zero attached hydrogens (tertiary/aromatic N) is 2. The van der Waals surface area contributed by atoms with Crippen molar-refractivity contribution in [2.75, 3.05) is 5.32 Å². The first kappa shape index (κ1) is 23.9. The van der Waals surface area contributed by atoms with Crippen LogP contribution in [-0.2, 0) is 11.0 Å². The lowest BCUT2D eigenvalue weighted by atomic mass is 10.2. The first-order valence-corrected chi connectivity index (χ1v) is 9.42. The van der Waals surface area contributed by atoms with Crippen molar-refractivity contribution in [1.29, 1.82) is 0 Å². The van der Waals surface area contributed by atoms with Crippen molar-refractivity contribution in [2.24, 2.45) is 0 Å². The molecule has 26 heavy (non-hydrogen) atoms. The molecule has 2 aromatic heterocycles. The molecule has 0 fully saturated rings. The molecule has 0 saturated carbocycles. The molecule has 0 radical (unpaired) electrons. The standard InChI is InChI=1S/C14H14F3N3OS.2C2H6/c1-3-5-9(6-4-2)12(21)19-11-13-20(8-18-11)10(7-22-13)14(15,16)17;2*1-2/h3,5-8H,4H2,1-2H3,(H,19,21);2*1-2H3/b5-3-,9-6+;;. The molecule has 8 heteroatoms. The van der Waals surface area contributed by atoms with Crippen LogP contribution in [0, 0.1) is 0 Å². The van der Waals surface area contributed by atoms with Gasteiger partial charge < -0.3 is 5.32 Å². The fraction of sp³-hybridized carbons (Fsp3) is 0.444. The quantitative estimate of drug-likeness (QED) is 0.491. The maximum absolute atomic E-state index is 12.8. The van der Waals surface area contributed by atoms with E-state index in [1.54, 1.807) is 25.2 Å². The van der Waals surface area contributed by atoms with Gasteiger partial charge in [0.1, 0.15) is 16.9 Å². The molecule has 0 aliphatic carbocycles. The Hall–Kier alpha value is -2.09. The number of hydrogen-bond donors (Lipinski definition) is 1. The van der Waals surface area contributed by atoms with Gasteiger partial charge in [-0.05, 0) is 13.3 Å². The van der Waals surface area contributed by atoms with Gasteiger partial charge in [0.2, 0.25) is 0 Å². The van der Waals surface area contributed by atoms with E-state index in [-0.39, 0.29) is 10.6 Å². The second-order valence-electron chi connectivity index (χ2n) is 4.41. The Morgan fingerprint density at radius 3 is 2.42 bits per heavy atom. The number of imidazole rings is 1. The number of fused-ring (bicyclic) bond motifs is 1. The lowest BCUT2D eigenvalue weighted by molar-refractivity contribution is -0.141. The number of amides is 1. The summed E-state index contributed by atoms with van der Waals surface area (Å²) in [5, 5.41) is 3.55. The third kappa shape index (κ3) is 6.01. The zero-order valence-electron chi connectivity index (χ0n) is 15.9. The summed E-state index contributed by atoms with van der Waals surface area (Å²) in [7, 11) is 0. The highest BCUT2D eigenvalue weighted by atomic mass is 32.1. The predicted octanol–water partition coefficient (Wildman–Crippen LogP) is 6.32. The third-order valence-corrected chi connectivity index (χ3v) is 3.77. The van der Waals surface area contributed by atoms with Crippen LogP contribution in [0.2, 0.25) is 0 Å². The van der Waals surface area contributed by atoms with Crippen molar-refractivity contribution in [3.05, 3.63) is 41.2 Å². The molecule has 2 heterocycles. The predicted molar refractivity (Wildman–Crippen MR) is 103 cm³/mol. The van der Waals surface area contributed by atoms with E-state index < -0.39 is 17.8 Å². The van der Waals surface area contributed by atoms with Gasteiger partial charge in [-0.15, -0.1) is 11.3 Å². The summed E-state index contributed by atoms with van der Waals surface area (Å²) in [4.78, 5) is 16.2. The van der Waals surface area contributed by atoms with Gasteiger partial charge in [0, 0.05) is 11.0 Å². The number of allylic oxidation sites excluding steroid dienone is 2. The van der Waals surface area contributed by atoms with E-state index in [4.69, 9.17) is 0 Å². The number of thiazole rings is 1. The fourth-order valence-corrected chi connectivity index (χ4v) is 2.84. The minimum absolute atomic E-state index is 0.122. The van der Waals surface area contributed by atoms with E-state index in [0.29, 0.717) is 12.0 Å². The van der Waals surface area contributed by atoms with Crippen LogP contribution in [-0.4, -0.2) is 15.3 Å². The summed E-state index contributed by atoms with van der Waals surface area (Å²) in [6.07, 6.45) is 2.36. The monoisotopic (exact) mass is 389 g/mol. The zero-order chi connectivity index (χ0) is 20.3. The van der Waals surface area contributed by atoms with Crippen molar-refractivity contribution in [3.8, 4) is 0 Å². The molecule has 0 aliphatic rings. The lowest BCUT2D eigenvalue weighted by Gasteiger charge is -2.03. The van der Waals surface area contributed by atoms with Crippen molar-refractivity contribution in [3.63, 3.8) is 0 Å². The molecule has 0 spiro atoms. The van der Waals surface area contributed by atoms with Gasteiger partial charge in [-0.3, -0.25) is 9.20 Å². The largest absolute Gasteiger partial charge is 0.432 e. The summed E-state index contributed by atoms with van der Waals surface area (Å²) >= 11 is 0.883. The summed E-state index contributed by atoms with van der Waals surface area (Å²) < 4.78 is 39.3. The van der Waals surface area contributed by atoms with Gasteiger partial charge in [-0.25, -0.2) is 4.98 Å². The van der Waals surface area contributed by atoms with E-state index in [0.717, 1.165) is 27.4 Å². The maximum atomic E-state index is 12.8. The second kappa shape index (κ2) is 11.5. The number of rotatable bonds is 4. The minimum atomic E-state index is -4.46. The Morgan fingerprint density at radius 1 is 1.31 bits per heavy atom. The SMILES string of the molecule is C/C=C\C(=C/CC)C(=O)Nc1ncn2c(C(F)(F)F)csc12.CC.CC. The molecule has 0 atom stereocenters. The van der Waals surface area contributed by atoms with Crippen LogP contribution in [0.25, 0.3) is 4.83 Å². The fourth-order valence-electron chi connectivity index (χ4n) is 1.89. The van der Waals surface area contributed by atoms with Crippen molar-refractivity contribution in [2.45, 2.75) is 54.1 Å². The Bertz CT molecular complexity index is 743. The molecule has 1 amide bonds. The molecule has 2 aromatic rings. The van der Waals surface area contributed by atoms with Crippen molar-refractivity contribution in [1.82, 2.24) is 9.38 Å². The Kier molecular flexibility index (Phi) is 10.6. The van der Waals surface area contributed by atoms with Gasteiger partial charge in [0.05, 0.1) is 0 Å². The summed E-state index contributed by atoms with van der Waals surface area (Å²) in [5.41, 5.74) is -0.364. The van der Waals surface area contributed by atoms with Gasteiger partial charge in [0.15, 0.2) is 5.82 Å². The minimum Gasteiger partial charge on any atom is -0.304 e. The lowest BCUT2D eigenvalue weighted by Crippen LogP contribution is -2.13. The van der Waals surface area contributed by atoms with Crippen LogP contribution >= 0.6 is 11.3 Å². The molecule has 0 saturated heterocycles. The number of halogens is 3. The average molecular weight is 389 g/mol. The zero-order valence-corrected chi connectivity index (χ0v) is 16.8. The number of nitrogens with one attached hydrogen (secondary N) is 1. The maximum Gasteiger partial charge on any atom is 0.432 e. The second-order valence-corrected chi connectivity index (χ2v) is 5.27. The number of aromatic nitrogens is 2. The number of alkyl halides is 3. The van der Waals surface area contributed by atoms with Gasteiger partial charge in [0.25, 0.3) is 5.91 Å². The van der Waals surface area contributed by atoms with Crippen LogP contribution in [0.5, 0.6) is 0 Å². The highest BCUT2D eigenvalue weighted by Gasteiger charge is 2.35. The molecule has 0 aromatic carbocycles. The van der Waals surface area contributed by atoms with Crippen molar-refractivity contribution < 1.29 is 18.0 Å². The topological polar surface area (TPSA) is 46.4 Å². The van der Waals surface area contributed by atoms with Crippen LogP contribution in [0.4, 0.5) is 19.0 Å². The number of carbonyl (C=O) groups is 1. The smallest absolute Gasteiger partial charge is 0.304 e. The van der Waals surface area contributed by atoms with Gasteiger partial charge in [-0.1, -0.05) is 52.8 Å². The first-order chi connectivity index (χ1) is 12.4. The summed E-state index contributed by atoms with van der Waals surface area (Å²) in [6, 6.07) is 0. The molecular weight excluding hydrogens is 363 g/mol. The Morgan fingerprint density at radius 2 is 1.92 bits per heavy atom. The molecule has 0 aliphatic heterocycles. The van der Waals surface area contributed by atoms with Gasteiger partial charge in [-0.2, -0.15) is 13.2 Å². The van der Waals surface area contributed by atoms with E-state index in [9.17, 15) is 18.0 Å². The summed E-state index contributed by atoms with van der Waals surface area (Å²) in [6.45, 7) is 11.7. The van der Waals surface area contributed by atoms with Crippen molar-refractivity contribution >= 4 is 27.9 Å². The van der Waals surface area contributed by atoms with E-state index in [1.165, 1.54) is 0 Å². The number of anilines is 1. The Balaban J connectivity index is 0.00000146. The van der Waals surface area contributed by atoms with Crippen LogP contribution in [0.15, 0.2) is 35.5 Å². The molecule has 0 bridgehead atoms. The average Bonchev–Trinajstić information content (AvgIpc) is 3.21. The van der Waals surface area contributed by atoms with Gasteiger partial charge >= 0.3 is 6.18 Å². The summed E-state index contributed by atoms with van der Waals surface area (Å²) in [5.74, 6) is -0.278. The highest BCUT2D eigenvalue weighted by Crippen LogP contribution is 2.35. The van der Waals surface area contributed by atoms with Crippen LogP contribution in [0.3, 0.4) is 0 Å². The van der Waals surface area contributed by atoms with E-state index in [2.05, 4.69) is 10.3 Å². The number of hydrogen-bond acceptors (Lipinski definition) is 3. The van der Waals surface area contributed by atoms with E-state index in [1.807, 2.05) is 34.6 Å². The highest BCUT2D eigenvalue weighted by molar-refractivity contribution is 7.16. The first-order valence-electron chi connectivity index (χ1n) is 8.54. The molecule has 1 N–H and O–H groups in total. The van der Waals surface area contributed by atoms with E-state index >= 15 is 0 Å². The number of carbonyl (C=O) groups excluding carboxylic acids is 1. The van der Waals surface area contributed by atoms with Crippen LogP contribution < -0.4 is 5.32 Å². The molecule has 0 unspecified atom stereocenters. The molecule has 146 valence electrons. The van der Waals surface area contributed by atoms with Crippen LogP contribution in [0.1, 0.15) is 53.7 Å². The Labute approximate surface area is 156 Å².